The van der Waals surface area contributed by atoms with E-state index in [4.69, 9.17) is 9.47 Å². The second kappa shape index (κ2) is 11.6. The van der Waals surface area contributed by atoms with Gasteiger partial charge in [0.05, 0.1) is 13.2 Å². The molecule has 0 saturated heterocycles. The van der Waals surface area contributed by atoms with Gasteiger partial charge in [-0.2, -0.15) is 0 Å². The number of aryl methyl sites for hydroxylation is 1. The van der Waals surface area contributed by atoms with E-state index in [1.807, 2.05) is 74.2 Å². The van der Waals surface area contributed by atoms with Gasteiger partial charge >= 0.3 is 0 Å². The normalized spacial score (nSPS) is 15.7. The summed E-state index contributed by atoms with van der Waals surface area (Å²) in [5.41, 5.74) is 2.81. The van der Waals surface area contributed by atoms with Crippen LogP contribution in [-0.2, 0) is 11.2 Å². The van der Waals surface area contributed by atoms with Gasteiger partial charge in [-0.05, 0) is 68.0 Å². The Bertz CT molecular complexity index is 1190. The summed E-state index contributed by atoms with van der Waals surface area (Å²) in [5, 5.41) is 2.07. The molecule has 1 aliphatic heterocycles. The second-order valence-corrected chi connectivity index (χ2v) is 10.2. The number of carbonyl (C=O) groups is 2. The first kappa shape index (κ1) is 25.8. The minimum absolute atomic E-state index is 0.0341. The Morgan fingerprint density at radius 2 is 1.83 bits per heavy atom. The molecule has 0 bridgehead atoms. The fourth-order valence-corrected chi connectivity index (χ4v) is 5.46. The third-order valence-electron chi connectivity index (χ3n) is 6.87. The summed E-state index contributed by atoms with van der Waals surface area (Å²) < 4.78 is 11.6. The van der Waals surface area contributed by atoms with Crippen LogP contribution in [0.4, 0.5) is 0 Å². The molecule has 190 valence electrons. The van der Waals surface area contributed by atoms with Crippen LogP contribution in [0.25, 0.3) is 0 Å². The summed E-state index contributed by atoms with van der Waals surface area (Å²) in [6.45, 7) is 6.96. The lowest BCUT2D eigenvalue weighted by molar-refractivity contribution is -0.136. The van der Waals surface area contributed by atoms with Gasteiger partial charge in [0.1, 0.15) is 13.2 Å². The third kappa shape index (κ3) is 5.57. The summed E-state index contributed by atoms with van der Waals surface area (Å²) in [4.78, 5) is 32.0. The van der Waals surface area contributed by atoms with E-state index in [1.165, 1.54) is 4.88 Å². The fourth-order valence-electron chi connectivity index (χ4n) is 4.53. The van der Waals surface area contributed by atoms with Gasteiger partial charge in [0, 0.05) is 23.0 Å². The monoisotopic (exact) mass is 506 g/mol. The van der Waals surface area contributed by atoms with Gasteiger partial charge in [0.15, 0.2) is 11.5 Å². The molecule has 0 fully saturated rings. The number of hydrogen-bond donors (Lipinski definition) is 0. The zero-order chi connectivity index (χ0) is 25.7. The number of amides is 2. The number of nitrogens with zero attached hydrogens (tertiary/aromatic N) is 2. The topological polar surface area (TPSA) is 59.1 Å². The predicted molar refractivity (Wildman–Crippen MR) is 143 cm³/mol. The smallest absolute Gasteiger partial charge is 0.254 e. The Labute approximate surface area is 217 Å². The van der Waals surface area contributed by atoms with Crippen molar-refractivity contribution in [3.8, 4) is 11.5 Å². The second-order valence-electron chi connectivity index (χ2n) is 9.17. The molecule has 0 spiro atoms. The Morgan fingerprint density at radius 3 is 2.53 bits per heavy atom. The molecule has 1 aliphatic rings. The molecule has 2 unspecified atom stereocenters. The molecule has 0 aliphatic carbocycles. The van der Waals surface area contributed by atoms with Crippen LogP contribution in [-0.4, -0.2) is 54.5 Å². The number of fused-ring (bicyclic) bond motifs is 1. The molecule has 2 aromatic carbocycles. The van der Waals surface area contributed by atoms with E-state index >= 15 is 0 Å². The van der Waals surface area contributed by atoms with Crippen LogP contribution in [0.2, 0.25) is 0 Å². The van der Waals surface area contributed by atoms with Crippen molar-refractivity contribution in [1.82, 2.24) is 9.80 Å². The molecule has 7 heteroatoms. The van der Waals surface area contributed by atoms with Gasteiger partial charge in [-0.3, -0.25) is 9.59 Å². The van der Waals surface area contributed by atoms with Gasteiger partial charge in [0.25, 0.3) is 5.91 Å². The van der Waals surface area contributed by atoms with Crippen molar-refractivity contribution in [2.75, 3.05) is 26.8 Å². The first-order chi connectivity index (χ1) is 17.4. The van der Waals surface area contributed by atoms with Crippen LogP contribution in [0.3, 0.4) is 0 Å². The molecule has 36 heavy (non-hydrogen) atoms. The molecule has 6 nitrogen and oxygen atoms in total. The standard InChI is InChI=1S/C29H34N2O4S/c1-5-21(3)31(29(33)22-12-10-20(2)11-13-22)18-28(32)30-16-14-27-23(15-17-36-27)24(30)19-35-26-9-7-6-8-25(26)34-4/h6-13,15,17,21,24H,5,14,16,18-19H2,1-4H3. The summed E-state index contributed by atoms with van der Waals surface area (Å²) in [6.07, 6.45) is 1.57. The van der Waals surface area contributed by atoms with Crippen LogP contribution < -0.4 is 9.47 Å². The van der Waals surface area contributed by atoms with Gasteiger partial charge in [-0.15, -0.1) is 11.3 Å². The zero-order valence-corrected chi connectivity index (χ0v) is 22.2. The van der Waals surface area contributed by atoms with Crippen molar-refractivity contribution in [3.05, 3.63) is 81.5 Å². The highest BCUT2D eigenvalue weighted by atomic mass is 32.1. The molecule has 1 aromatic heterocycles. The first-order valence-electron chi connectivity index (χ1n) is 12.4. The number of para-hydroxylation sites is 2. The lowest BCUT2D eigenvalue weighted by Gasteiger charge is -2.38. The maximum absolute atomic E-state index is 13.8. The average molecular weight is 507 g/mol. The van der Waals surface area contributed by atoms with E-state index in [-0.39, 0.29) is 30.4 Å². The summed E-state index contributed by atoms with van der Waals surface area (Å²) >= 11 is 1.72. The van der Waals surface area contributed by atoms with Crippen LogP contribution >= 0.6 is 11.3 Å². The van der Waals surface area contributed by atoms with Gasteiger partial charge in [-0.1, -0.05) is 36.8 Å². The summed E-state index contributed by atoms with van der Waals surface area (Å²) in [6, 6.07) is 16.8. The minimum Gasteiger partial charge on any atom is -0.493 e. The van der Waals surface area contributed by atoms with E-state index < -0.39 is 0 Å². The molecule has 2 amide bonds. The highest BCUT2D eigenvalue weighted by Gasteiger charge is 2.34. The maximum Gasteiger partial charge on any atom is 0.254 e. The van der Waals surface area contributed by atoms with Crippen LogP contribution in [0.5, 0.6) is 11.5 Å². The van der Waals surface area contributed by atoms with E-state index in [1.54, 1.807) is 23.3 Å². The number of benzene rings is 2. The van der Waals surface area contributed by atoms with Crippen molar-refractivity contribution >= 4 is 23.2 Å². The molecular weight excluding hydrogens is 472 g/mol. The highest BCUT2D eigenvalue weighted by Crippen LogP contribution is 2.35. The number of thiophene rings is 1. The maximum atomic E-state index is 13.8. The van der Waals surface area contributed by atoms with E-state index in [2.05, 4.69) is 11.4 Å². The van der Waals surface area contributed by atoms with Crippen molar-refractivity contribution < 1.29 is 19.1 Å². The molecule has 0 radical (unpaired) electrons. The number of carbonyl (C=O) groups excluding carboxylic acids is 2. The Balaban J connectivity index is 1.56. The van der Waals surface area contributed by atoms with Gasteiger partial charge in [-0.25, -0.2) is 0 Å². The third-order valence-corrected chi connectivity index (χ3v) is 7.87. The molecule has 2 heterocycles. The first-order valence-corrected chi connectivity index (χ1v) is 13.3. The summed E-state index contributed by atoms with van der Waals surface area (Å²) in [7, 11) is 1.62. The van der Waals surface area contributed by atoms with Crippen LogP contribution in [0, 0.1) is 6.92 Å². The molecule has 0 N–H and O–H groups in total. The molecule has 2 atom stereocenters. The largest absolute Gasteiger partial charge is 0.493 e. The molecule has 0 saturated carbocycles. The zero-order valence-electron chi connectivity index (χ0n) is 21.4. The number of hydrogen-bond acceptors (Lipinski definition) is 5. The SMILES string of the molecule is CCC(C)N(CC(=O)N1CCc2sccc2C1COc1ccccc1OC)C(=O)c1ccc(C)cc1. The van der Waals surface area contributed by atoms with E-state index in [9.17, 15) is 9.59 Å². The van der Waals surface area contributed by atoms with Crippen LogP contribution in [0.15, 0.2) is 60.0 Å². The Morgan fingerprint density at radius 1 is 1.11 bits per heavy atom. The Kier molecular flexibility index (Phi) is 8.31. The lowest BCUT2D eigenvalue weighted by atomic mass is 10.00. The van der Waals surface area contributed by atoms with Crippen molar-refractivity contribution in [3.63, 3.8) is 0 Å². The van der Waals surface area contributed by atoms with Crippen LogP contribution in [0.1, 0.15) is 52.7 Å². The van der Waals surface area contributed by atoms with Crippen molar-refractivity contribution in [1.29, 1.82) is 0 Å². The predicted octanol–water partition coefficient (Wildman–Crippen LogP) is 5.51. The average Bonchev–Trinajstić information content (AvgIpc) is 3.39. The number of rotatable bonds is 9. The van der Waals surface area contributed by atoms with Gasteiger partial charge < -0.3 is 19.3 Å². The lowest BCUT2D eigenvalue weighted by Crippen LogP contribution is -2.49. The highest BCUT2D eigenvalue weighted by molar-refractivity contribution is 7.10. The van der Waals surface area contributed by atoms with E-state index in [0.717, 1.165) is 24.0 Å². The number of methoxy groups -OCH3 is 1. The molecular formula is C29H34N2O4S. The van der Waals surface area contributed by atoms with E-state index in [0.29, 0.717) is 30.2 Å². The molecule has 3 aromatic rings. The fraction of sp³-hybridized carbons (Fsp3) is 0.379. The van der Waals surface area contributed by atoms with Gasteiger partial charge in [0.2, 0.25) is 5.91 Å². The molecule has 4 rings (SSSR count). The van der Waals surface area contributed by atoms with Crippen molar-refractivity contribution in [2.24, 2.45) is 0 Å². The number of ether oxygens (including phenoxy) is 2. The minimum atomic E-state index is -0.231. The summed E-state index contributed by atoms with van der Waals surface area (Å²) in [5.74, 6) is 1.11. The van der Waals surface area contributed by atoms with Crippen molar-refractivity contribution in [2.45, 2.75) is 45.7 Å². The Hall–Kier alpha value is -3.32. The quantitative estimate of drug-likeness (QED) is 0.384.